The maximum absolute atomic E-state index is 10.7. The van der Waals surface area contributed by atoms with Crippen LogP contribution < -0.4 is 0 Å². The number of nitro groups is 1. The lowest BCUT2D eigenvalue weighted by atomic mass is 9.82. The Balaban J connectivity index is 2.09. The van der Waals surface area contributed by atoms with Crippen molar-refractivity contribution in [3.63, 3.8) is 0 Å². The molecule has 0 aromatic rings. The Kier molecular flexibility index (Phi) is 3.26. The summed E-state index contributed by atoms with van der Waals surface area (Å²) >= 11 is 0. The van der Waals surface area contributed by atoms with Crippen LogP contribution in [-0.4, -0.2) is 17.8 Å². The Morgan fingerprint density at radius 2 is 1.81 bits per heavy atom. The lowest BCUT2D eigenvalue weighted by molar-refractivity contribution is -0.497. The zero-order valence-electron chi connectivity index (χ0n) is 9.56. The molecule has 2 atom stereocenters. The summed E-state index contributed by atoms with van der Waals surface area (Å²) in [6.45, 7) is -0.0151. The fourth-order valence-corrected chi connectivity index (χ4v) is 3.83. The van der Waals surface area contributed by atoms with Crippen molar-refractivity contribution in [2.24, 2.45) is 17.3 Å². The summed E-state index contributed by atoms with van der Waals surface area (Å²) in [4.78, 5) is 21.2. The van der Waals surface area contributed by atoms with Crippen LogP contribution in [0.3, 0.4) is 0 Å². The molecule has 0 aliphatic heterocycles. The minimum absolute atomic E-state index is 0.0151. The molecule has 0 saturated heterocycles. The molecular weight excluding hydrogens is 206 g/mol. The fraction of sp³-hybridized carbons (Fsp3) is 0.917. The lowest BCUT2D eigenvalue weighted by Crippen LogP contribution is -2.28. The first kappa shape index (κ1) is 11.6. The molecule has 0 aromatic carbocycles. The minimum Gasteiger partial charge on any atom is -0.303 e. The van der Waals surface area contributed by atoms with Crippen LogP contribution in [0, 0.1) is 27.4 Å². The van der Waals surface area contributed by atoms with Gasteiger partial charge in [0, 0.05) is 16.8 Å². The number of rotatable bonds is 4. The number of hydrogen-bond donors (Lipinski definition) is 0. The summed E-state index contributed by atoms with van der Waals surface area (Å²) < 4.78 is 0. The number of aldehydes is 1. The summed E-state index contributed by atoms with van der Waals surface area (Å²) in [5, 5.41) is 10.7. The molecule has 4 heteroatoms. The second kappa shape index (κ2) is 4.52. The third kappa shape index (κ3) is 2.25. The highest BCUT2D eigenvalue weighted by Gasteiger charge is 2.48. The van der Waals surface area contributed by atoms with E-state index in [0.717, 1.165) is 19.1 Å². The summed E-state index contributed by atoms with van der Waals surface area (Å²) in [6.07, 6.45) is 8.00. The quantitative estimate of drug-likeness (QED) is 0.419. The van der Waals surface area contributed by atoms with Crippen molar-refractivity contribution in [3.05, 3.63) is 10.1 Å². The zero-order valence-corrected chi connectivity index (χ0v) is 9.56. The number of hydrogen-bond acceptors (Lipinski definition) is 3. The molecule has 2 rings (SSSR count). The molecular formula is C12H19NO3. The summed E-state index contributed by atoms with van der Waals surface area (Å²) in [5.41, 5.74) is -0.315. The van der Waals surface area contributed by atoms with Crippen molar-refractivity contribution in [1.29, 1.82) is 0 Å². The molecule has 0 aromatic heterocycles. The van der Waals surface area contributed by atoms with Gasteiger partial charge in [-0.25, -0.2) is 0 Å². The van der Waals surface area contributed by atoms with E-state index in [0.29, 0.717) is 18.3 Å². The van der Waals surface area contributed by atoms with Gasteiger partial charge in [-0.1, -0.05) is 25.7 Å². The van der Waals surface area contributed by atoms with Gasteiger partial charge in [-0.15, -0.1) is 0 Å². The predicted octanol–water partition coefficient (Wildman–Crippen LogP) is 2.44. The molecule has 16 heavy (non-hydrogen) atoms. The first-order chi connectivity index (χ1) is 7.65. The van der Waals surface area contributed by atoms with Crippen LogP contribution in [-0.2, 0) is 4.79 Å². The van der Waals surface area contributed by atoms with Crippen LogP contribution in [0.5, 0.6) is 0 Å². The Morgan fingerprint density at radius 3 is 2.25 bits per heavy atom. The molecule has 2 fully saturated rings. The van der Waals surface area contributed by atoms with Crippen LogP contribution in [0.4, 0.5) is 0 Å². The molecule has 90 valence electrons. The first-order valence-electron chi connectivity index (χ1n) is 6.21. The van der Waals surface area contributed by atoms with Crippen LogP contribution in [0.25, 0.3) is 0 Å². The maximum Gasteiger partial charge on any atom is 0.209 e. The standard InChI is InChI=1S/C12H19NO3/c14-6-5-12(9-13(15)16)7-10-3-1-2-4-11(10)8-12/h6,10-11H,1-5,7-9H2/t10-,11-/m1/s1. The molecule has 0 unspecified atom stereocenters. The van der Waals surface area contributed by atoms with E-state index in [2.05, 4.69) is 0 Å². The number of carbonyl (C=O) groups is 1. The fourth-order valence-electron chi connectivity index (χ4n) is 3.83. The van der Waals surface area contributed by atoms with E-state index in [4.69, 9.17) is 0 Å². The average Bonchev–Trinajstić information content (AvgIpc) is 2.54. The van der Waals surface area contributed by atoms with Crippen LogP contribution in [0.1, 0.15) is 44.9 Å². The minimum atomic E-state index is -0.315. The van der Waals surface area contributed by atoms with Gasteiger partial charge in [0.05, 0.1) is 0 Å². The first-order valence-corrected chi connectivity index (χ1v) is 6.21. The van der Waals surface area contributed by atoms with E-state index in [1.165, 1.54) is 25.7 Å². The monoisotopic (exact) mass is 225 g/mol. The Hall–Kier alpha value is -0.930. The van der Waals surface area contributed by atoms with E-state index in [1.807, 2.05) is 0 Å². The number of carbonyl (C=O) groups excluding carboxylic acids is 1. The lowest BCUT2D eigenvalue weighted by Gasteiger charge is -2.24. The van der Waals surface area contributed by atoms with Gasteiger partial charge >= 0.3 is 0 Å². The van der Waals surface area contributed by atoms with E-state index >= 15 is 0 Å². The van der Waals surface area contributed by atoms with Gasteiger partial charge < -0.3 is 4.79 Å². The summed E-state index contributed by atoms with van der Waals surface area (Å²) in [7, 11) is 0. The largest absolute Gasteiger partial charge is 0.303 e. The third-order valence-electron chi connectivity index (χ3n) is 4.44. The van der Waals surface area contributed by atoms with E-state index in [-0.39, 0.29) is 16.9 Å². The molecule has 0 spiro atoms. The highest BCUT2D eigenvalue weighted by molar-refractivity contribution is 5.51. The molecule has 0 heterocycles. The van der Waals surface area contributed by atoms with Crippen LogP contribution >= 0.6 is 0 Å². The highest BCUT2D eigenvalue weighted by atomic mass is 16.6. The molecule has 0 bridgehead atoms. The second-order valence-electron chi connectivity index (χ2n) is 5.57. The van der Waals surface area contributed by atoms with Crippen LogP contribution in [0.2, 0.25) is 0 Å². The normalized spacial score (nSPS) is 32.0. The molecule has 2 aliphatic carbocycles. The Bertz CT molecular complexity index is 276. The van der Waals surface area contributed by atoms with Gasteiger partial charge in [0.15, 0.2) is 0 Å². The number of nitrogens with zero attached hydrogens (tertiary/aromatic N) is 1. The van der Waals surface area contributed by atoms with E-state index < -0.39 is 0 Å². The van der Waals surface area contributed by atoms with Crippen molar-refractivity contribution in [1.82, 2.24) is 0 Å². The Morgan fingerprint density at radius 1 is 1.25 bits per heavy atom. The second-order valence-corrected chi connectivity index (χ2v) is 5.57. The molecule has 0 amide bonds. The van der Waals surface area contributed by atoms with Crippen molar-refractivity contribution in [2.75, 3.05) is 6.54 Å². The van der Waals surface area contributed by atoms with Gasteiger partial charge in [-0.05, 0) is 24.7 Å². The average molecular weight is 225 g/mol. The summed E-state index contributed by atoms with van der Waals surface area (Å²) in [5.74, 6) is 1.29. The van der Waals surface area contributed by atoms with Crippen LogP contribution in [0.15, 0.2) is 0 Å². The molecule has 2 aliphatic rings. The highest BCUT2D eigenvalue weighted by Crippen LogP contribution is 2.52. The molecule has 2 saturated carbocycles. The number of fused-ring (bicyclic) bond motifs is 1. The van der Waals surface area contributed by atoms with Gasteiger partial charge in [0.1, 0.15) is 6.29 Å². The predicted molar refractivity (Wildman–Crippen MR) is 59.7 cm³/mol. The topological polar surface area (TPSA) is 60.2 Å². The third-order valence-corrected chi connectivity index (χ3v) is 4.44. The van der Waals surface area contributed by atoms with Crippen molar-refractivity contribution >= 4 is 6.29 Å². The maximum atomic E-state index is 10.7. The summed E-state index contributed by atoms with van der Waals surface area (Å²) in [6, 6.07) is 0. The molecule has 0 N–H and O–H groups in total. The van der Waals surface area contributed by atoms with Gasteiger partial charge in [0.2, 0.25) is 6.54 Å². The van der Waals surface area contributed by atoms with Gasteiger partial charge in [0.25, 0.3) is 0 Å². The van der Waals surface area contributed by atoms with E-state index in [1.54, 1.807) is 0 Å². The van der Waals surface area contributed by atoms with E-state index in [9.17, 15) is 14.9 Å². The SMILES string of the molecule is O=CCC1(C[N+](=O)[O-])C[C@H]2CCCC[C@@H]2C1. The molecule has 4 nitrogen and oxygen atoms in total. The zero-order chi connectivity index (χ0) is 11.6. The van der Waals surface area contributed by atoms with Crippen molar-refractivity contribution < 1.29 is 9.72 Å². The van der Waals surface area contributed by atoms with Crippen molar-refractivity contribution in [3.8, 4) is 0 Å². The van der Waals surface area contributed by atoms with Gasteiger partial charge in [-0.3, -0.25) is 10.1 Å². The van der Waals surface area contributed by atoms with Gasteiger partial charge in [-0.2, -0.15) is 0 Å². The Labute approximate surface area is 95.6 Å². The molecule has 0 radical (unpaired) electrons. The van der Waals surface area contributed by atoms with Crippen molar-refractivity contribution in [2.45, 2.75) is 44.9 Å². The smallest absolute Gasteiger partial charge is 0.209 e.